The van der Waals surface area contributed by atoms with Gasteiger partial charge in [0.05, 0.1) is 14.2 Å². The predicted molar refractivity (Wildman–Crippen MR) is 98.0 cm³/mol. The minimum atomic E-state index is -0.980. The summed E-state index contributed by atoms with van der Waals surface area (Å²) in [7, 11) is 3.03. The second-order valence-electron chi connectivity index (χ2n) is 5.71. The molecule has 1 atom stereocenters. The van der Waals surface area contributed by atoms with E-state index in [4.69, 9.17) is 18.8 Å². The molecule has 1 N–H and O–H groups in total. The second-order valence-corrected chi connectivity index (χ2v) is 5.71. The number of rotatable bonds is 7. The minimum absolute atomic E-state index is 0.0245. The smallest absolute Gasteiger partial charge is 0.266 e. The highest BCUT2D eigenvalue weighted by Crippen LogP contribution is 2.33. The molecule has 0 aliphatic carbocycles. The standard InChI is InChI=1S/C19H18FN3O5/c1-11(27-14-7-5-4-6-13(14)20)19(24)21-18-17(22-28-23-18)12-8-9-15(25-2)16(10-12)26-3/h4-11H,1-3H3,(H,21,23,24)/t11-/m1/s1. The molecule has 0 spiro atoms. The van der Waals surface area contributed by atoms with Gasteiger partial charge in [-0.2, -0.15) is 0 Å². The van der Waals surface area contributed by atoms with E-state index in [-0.39, 0.29) is 11.6 Å². The molecule has 1 aromatic heterocycles. The van der Waals surface area contributed by atoms with E-state index in [0.29, 0.717) is 22.8 Å². The SMILES string of the molecule is COc1ccc(-c2nonc2NC(=O)[C@@H](C)Oc2ccccc2F)cc1OC. The number of methoxy groups -OCH3 is 2. The van der Waals surface area contributed by atoms with Crippen molar-refractivity contribution in [1.82, 2.24) is 10.3 Å². The van der Waals surface area contributed by atoms with Crippen LogP contribution in [0.3, 0.4) is 0 Å². The fourth-order valence-corrected chi connectivity index (χ4v) is 2.45. The number of carbonyl (C=O) groups excluding carboxylic acids is 1. The zero-order valence-electron chi connectivity index (χ0n) is 15.4. The normalized spacial score (nSPS) is 11.6. The molecule has 0 saturated carbocycles. The van der Waals surface area contributed by atoms with Gasteiger partial charge in [-0.25, -0.2) is 9.02 Å². The Balaban J connectivity index is 1.77. The fraction of sp³-hybridized carbons (Fsp3) is 0.211. The number of benzene rings is 2. The molecule has 8 nitrogen and oxygen atoms in total. The topological polar surface area (TPSA) is 95.7 Å². The van der Waals surface area contributed by atoms with Gasteiger partial charge in [-0.3, -0.25) is 4.79 Å². The van der Waals surface area contributed by atoms with Crippen LogP contribution in [0.1, 0.15) is 6.92 Å². The maximum atomic E-state index is 13.7. The molecule has 9 heteroatoms. The second kappa shape index (κ2) is 8.38. The number of aromatic nitrogens is 2. The van der Waals surface area contributed by atoms with Crippen LogP contribution in [0.15, 0.2) is 47.1 Å². The molecule has 1 amide bonds. The summed E-state index contributed by atoms with van der Waals surface area (Å²) < 4.78 is 34.3. The summed E-state index contributed by atoms with van der Waals surface area (Å²) in [5, 5.41) is 10.1. The molecule has 0 saturated heterocycles. The molecular formula is C19H18FN3O5. The molecular weight excluding hydrogens is 369 g/mol. The van der Waals surface area contributed by atoms with Crippen molar-refractivity contribution in [3.8, 4) is 28.5 Å². The number of carbonyl (C=O) groups is 1. The Labute approximate surface area is 160 Å². The average molecular weight is 387 g/mol. The van der Waals surface area contributed by atoms with Crippen LogP contribution >= 0.6 is 0 Å². The predicted octanol–water partition coefficient (Wildman–Crippen LogP) is 3.30. The Bertz CT molecular complexity index is 976. The highest BCUT2D eigenvalue weighted by atomic mass is 19.1. The molecule has 1 heterocycles. The average Bonchev–Trinajstić information content (AvgIpc) is 3.17. The van der Waals surface area contributed by atoms with E-state index in [9.17, 15) is 9.18 Å². The maximum Gasteiger partial charge on any atom is 0.266 e. The lowest BCUT2D eigenvalue weighted by Gasteiger charge is -2.14. The van der Waals surface area contributed by atoms with Gasteiger partial charge in [-0.05, 0) is 47.6 Å². The minimum Gasteiger partial charge on any atom is -0.493 e. The molecule has 0 bridgehead atoms. The van der Waals surface area contributed by atoms with Crippen molar-refractivity contribution in [1.29, 1.82) is 0 Å². The number of amides is 1. The zero-order valence-corrected chi connectivity index (χ0v) is 15.4. The van der Waals surface area contributed by atoms with Crippen molar-refractivity contribution in [2.75, 3.05) is 19.5 Å². The number of para-hydroxylation sites is 1. The molecule has 0 fully saturated rings. The summed E-state index contributed by atoms with van der Waals surface area (Å²) in [6.45, 7) is 1.49. The number of ether oxygens (including phenoxy) is 3. The Kier molecular flexibility index (Phi) is 5.73. The highest BCUT2D eigenvalue weighted by molar-refractivity contribution is 5.96. The van der Waals surface area contributed by atoms with Gasteiger partial charge in [0.15, 0.2) is 34.9 Å². The summed E-state index contributed by atoms with van der Waals surface area (Å²) in [6.07, 6.45) is -0.980. The summed E-state index contributed by atoms with van der Waals surface area (Å²) in [4.78, 5) is 12.4. The molecule has 28 heavy (non-hydrogen) atoms. The van der Waals surface area contributed by atoms with Crippen LogP contribution in [-0.4, -0.2) is 36.5 Å². The molecule has 0 aliphatic rings. The van der Waals surface area contributed by atoms with Crippen molar-refractivity contribution in [3.05, 3.63) is 48.3 Å². The van der Waals surface area contributed by atoms with Crippen LogP contribution in [-0.2, 0) is 4.79 Å². The van der Waals surface area contributed by atoms with Crippen molar-refractivity contribution < 1.29 is 28.0 Å². The molecule has 0 radical (unpaired) electrons. The Hall–Kier alpha value is -3.62. The Morgan fingerprint density at radius 2 is 1.82 bits per heavy atom. The molecule has 0 unspecified atom stereocenters. The fourth-order valence-electron chi connectivity index (χ4n) is 2.45. The lowest BCUT2D eigenvalue weighted by Crippen LogP contribution is -2.30. The van der Waals surface area contributed by atoms with Crippen LogP contribution in [0.25, 0.3) is 11.3 Å². The summed E-state index contributed by atoms with van der Waals surface area (Å²) in [5.41, 5.74) is 0.893. The van der Waals surface area contributed by atoms with Gasteiger partial charge in [0.2, 0.25) is 5.82 Å². The van der Waals surface area contributed by atoms with E-state index in [0.717, 1.165) is 0 Å². The lowest BCUT2D eigenvalue weighted by molar-refractivity contribution is -0.122. The summed E-state index contributed by atoms with van der Waals surface area (Å²) >= 11 is 0. The van der Waals surface area contributed by atoms with E-state index >= 15 is 0 Å². The van der Waals surface area contributed by atoms with Crippen molar-refractivity contribution >= 4 is 11.7 Å². The third-order valence-corrected chi connectivity index (χ3v) is 3.90. The van der Waals surface area contributed by atoms with Gasteiger partial charge >= 0.3 is 0 Å². The number of anilines is 1. The monoisotopic (exact) mass is 387 g/mol. The van der Waals surface area contributed by atoms with Gasteiger partial charge in [0.1, 0.15) is 0 Å². The molecule has 3 aromatic rings. The summed E-state index contributed by atoms with van der Waals surface area (Å²) in [5.74, 6) is -0.00146. The quantitative estimate of drug-likeness (QED) is 0.664. The maximum absolute atomic E-state index is 13.7. The molecule has 0 aliphatic heterocycles. The first-order valence-electron chi connectivity index (χ1n) is 8.30. The summed E-state index contributed by atoms with van der Waals surface area (Å²) in [6, 6.07) is 10.9. The number of halogens is 1. The van der Waals surface area contributed by atoms with Crippen molar-refractivity contribution in [2.45, 2.75) is 13.0 Å². The number of nitrogens with one attached hydrogen (secondary N) is 1. The number of nitrogens with zero attached hydrogens (tertiary/aromatic N) is 2. The van der Waals surface area contributed by atoms with Gasteiger partial charge in [-0.1, -0.05) is 12.1 Å². The van der Waals surface area contributed by atoms with E-state index < -0.39 is 17.8 Å². The van der Waals surface area contributed by atoms with Crippen LogP contribution in [0, 0.1) is 5.82 Å². The van der Waals surface area contributed by atoms with Crippen LogP contribution in [0.2, 0.25) is 0 Å². The van der Waals surface area contributed by atoms with E-state index in [1.807, 2.05) is 0 Å². The molecule has 3 rings (SSSR count). The van der Waals surface area contributed by atoms with Gasteiger partial charge in [0, 0.05) is 5.56 Å². The number of hydrogen-bond donors (Lipinski definition) is 1. The lowest BCUT2D eigenvalue weighted by atomic mass is 10.1. The van der Waals surface area contributed by atoms with E-state index in [1.165, 1.54) is 39.3 Å². The first kappa shape index (κ1) is 19.2. The third kappa shape index (κ3) is 4.03. The van der Waals surface area contributed by atoms with Gasteiger partial charge < -0.3 is 19.5 Å². The number of hydrogen-bond acceptors (Lipinski definition) is 7. The van der Waals surface area contributed by atoms with Crippen molar-refractivity contribution in [3.63, 3.8) is 0 Å². The molecule has 2 aromatic carbocycles. The Morgan fingerprint density at radius 1 is 1.07 bits per heavy atom. The Morgan fingerprint density at radius 3 is 2.54 bits per heavy atom. The third-order valence-electron chi connectivity index (χ3n) is 3.90. The first-order valence-corrected chi connectivity index (χ1v) is 8.30. The molecule has 146 valence electrons. The first-order chi connectivity index (χ1) is 13.5. The zero-order chi connectivity index (χ0) is 20.1. The largest absolute Gasteiger partial charge is 0.493 e. The van der Waals surface area contributed by atoms with Crippen LogP contribution < -0.4 is 19.5 Å². The van der Waals surface area contributed by atoms with Gasteiger partial charge in [-0.15, -0.1) is 0 Å². The van der Waals surface area contributed by atoms with Crippen LogP contribution in [0.4, 0.5) is 10.2 Å². The van der Waals surface area contributed by atoms with E-state index in [1.54, 1.807) is 24.3 Å². The van der Waals surface area contributed by atoms with Crippen molar-refractivity contribution in [2.24, 2.45) is 0 Å². The highest BCUT2D eigenvalue weighted by Gasteiger charge is 2.22. The van der Waals surface area contributed by atoms with Gasteiger partial charge in [0.25, 0.3) is 5.91 Å². The van der Waals surface area contributed by atoms with Crippen LogP contribution in [0.5, 0.6) is 17.2 Å². The van der Waals surface area contributed by atoms with E-state index in [2.05, 4.69) is 15.6 Å².